The fourth-order valence-electron chi connectivity index (χ4n) is 5.16. The molecule has 2 unspecified atom stereocenters. The van der Waals surface area contributed by atoms with Gasteiger partial charge in [-0.25, -0.2) is 13.4 Å². The summed E-state index contributed by atoms with van der Waals surface area (Å²) in [5.41, 5.74) is 4.29. The van der Waals surface area contributed by atoms with Gasteiger partial charge in [0.05, 0.1) is 4.90 Å². The van der Waals surface area contributed by atoms with Crippen LogP contribution in [0.2, 0.25) is 0 Å². The van der Waals surface area contributed by atoms with Crippen LogP contribution >= 0.6 is 11.3 Å². The lowest BCUT2D eigenvalue weighted by molar-refractivity contribution is -0.136. The van der Waals surface area contributed by atoms with Crippen LogP contribution in [0.5, 0.6) is 0 Å². The maximum atomic E-state index is 13.6. The summed E-state index contributed by atoms with van der Waals surface area (Å²) in [6, 6.07) is 15.1. The van der Waals surface area contributed by atoms with Crippen LogP contribution in [-0.2, 0) is 14.8 Å². The lowest BCUT2D eigenvalue weighted by atomic mass is 10.1. The second-order valence-corrected chi connectivity index (χ2v) is 12.2. The first kappa shape index (κ1) is 25.3. The third-order valence-corrected chi connectivity index (χ3v) is 9.18. The third-order valence-electron chi connectivity index (χ3n) is 7.01. The number of piperazine rings is 1. The number of anilines is 2. The van der Waals surface area contributed by atoms with Crippen molar-refractivity contribution in [1.29, 1.82) is 0 Å². The molecule has 1 aliphatic heterocycles. The van der Waals surface area contributed by atoms with Gasteiger partial charge in [0, 0.05) is 59.5 Å². The van der Waals surface area contributed by atoms with E-state index in [2.05, 4.69) is 64.2 Å². The third kappa shape index (κ3) is 4.95. The molecule has 2 atom stereocenters. The zero-order valence-electron chi connectivity index (χ0n) is 21.4. The molecule has 37 heavy (non-hydrogen) atoms. The van der Waals surface area contributed by atoms with Crippen molar-refractivity contribution >= 4 is 49.0 Å². The van der Waals surface area contributed by atoms with Gasteiger partial charge >= 0.3 is 0 Å². The van der Waals surface area contributed by atoms with E-state index in [1.54, 1.807) is 23.7 Å². The van der Waals surface area contributed by atoms with E-state index >= 15 is 0 Å². The summed E-state index contributed by atoms with van der Waals surface area (Å²) in [7, 11) is -3.69. The molecule has 10 heteroatoms. The molecule has 0 aliphatic carbocycles. The van der Waals surface area contributed by atoms with Crippen molar-refractivity contribution in [3.05, 3.63) is 71.4 Å². The van der Waals surface area contributed by atoms with Crippen molar-refractivity contribution in [2.75, 3.05) is 29.3 Å². The molecule has 4 aromatic rings. The summed E-state index contributed by atoms with van der Waals surface area (Å²) < 4.78 is 29.9. The topological polar surface area (TPSA) is 87.5 Å². The number of amides is 1. The Labute approximate surface area is 221 Å². The van der Waals surface area contributed by atoms with E-state index in [0.29, 0.717) is 24.8 Å². The molecule has 8 nitrogen and oxygen atoms in total. The lowest BCUT2D eigenvalue weighted by Gasteiger charge is -2.42. The quantitative estimate of drug-likeness (QED) is 0.381. The fourth-order valence-corrected chi connectivity index (χ4v) is 6.95. The van der Waals surface area contributed by atoms with Crippen molar-refractivity contribution in [3.63, 3.8) is 0 Å². The Hall–Kier alpha value is -3.37. The van der Waals surface area contributed by atoms with Crippen LogP contribution in [0, 0.1) is 13.8 Å². The number of aromatic nitrogens is 2. The van der Waals surface area contributed by atoms with Crippen molar-refractivity contribution in [2.45, 2.75) is 44.7 Å². The predicted molar refractivity (Wildman–Crippen MR) is 149 cm³/mol. The Balaban J connectivity index is 1.27. The summed E-state index contributed by atoms with van der Waals surface area (Å²) in [5.74, 6) is 0.114. The van der Waals surface area contributed by atoms with Crippen LogP contribution in [0.25, 0.3) is 10.9 Å². The fraction of sp³-hybridized carbons (Fsp3) is 0.333. The van der Waals surface area contributed by atoms with Gasteiger partial charge in [0.1, 0.15) is 6.04 Å². The molecule has 0 radical (unpaired) electrons. The minimum Gasteiger partial charge on any atom is -0.368 e. The molecule has 1 saturated heterocycles. The van der Waals surface area contributed by atoms with E-state index in [9.17, 15) is 13.2 Å². The monoisotopic (exact) mass is 537 g/mol. The normalized spacial score (nSPS) is 17.2. The molecule has 0 saturated carbocycles. The first-order valence-electron chi connectivity index (χ1n) is 12.3. The number of hydrogen-bond acceptors (Lipinski definition) is 6. The Bertz CT molecular complexity index is 1530. The zero-order chi connectivity index (χ0) is 26.3. The molecule has 0 bridgehead atoms. The van der Waals surface area contributed by atoms with Gasteiger partial charge in [-0.1, -0.05) is 11.6 Å². The first-order chi connectivity index (χ1) is 17.6. The van der Waals surface area contributed by atoms with Crippen molar-refractivity contribution in [2.24, 2.45) is 0 Å². The highest BCUT2D eigenvalue weighted by atomic mass is 32.2. The van der Waals surface area contributed by atoms with Gasteiger partial charge in [-0.2, -0.15) is 0 Å². The maximum absolute atomic E-state index is 13.6. The lowest BCUT2D eigenvalue weighted by Crippen LogP contribution is -2.55. The van der Waals surface area contributed by atoms with E-state index in [1.165, 1.54) is 16.9 Å². The van der Waals surface area contributed by atoms with Crippen LogP contribution in [0.15, 0.2) is 65.0 Å². The van der Waals surface area contributed by atoms with Crippen LogP contribution in [0.3, 0.4) is 0 Å². The number of hydrogen-bond donors (Lipinski definition) is 1. The maximum Gasteiger partial charge on any atom is 0.263 e. The van der Waals surface area contributed by atoms with Gasteiger partial charge < -0.3 is 14.4 Å². The number of carbonyl (C=O) groups is 1. The van der Waals surface area contributed by atoms with Gasteiger partial charge in [-0.05, 0) is 70.2 Å². The van der Waals surface area contributed by atoms with Crippen molar-refractivity contribution < 1.29 is 13.2 Å². The average molecular weight is 538 g/mol. The number of nitrogens with one attached hydrogen (secondary N) is 1. The van der Waals surface area contributed by atoms with Crippen LogP contribution in [0.1, 0.15) is 31.1 Å². The van der Waals surface area contributed by atoms with Crippen molar-refractivity contribution in [3.8, 4) is 0 Å². The molecule has 1 N–H and O–H groups in total. The number of sulfonamides is 1. The number of nitrogens with zero attached hydrogens (tertiary/aromatic N) is 4. The Morgan fingerprint density at radius 3 is 2.54 bits per heavy atom. The predicted octanol–water partition coefficient (Wildman–Crippen LogP) is 4.81. The number of aryl methyl sites for hydroxylation is 2. The molecular formula is C27H31N5O3S2. The van der Waals surface area contributed by atoms with Gasteiger partial charge in [0.15, 0.2) is 5.13 Å². The van der Waals surface area contributed by atoms with Gasteiger partial charge in [0.25, 0.3) is 10.0 Å². The molecule has 0 spiro atoms. The van der Waals surface area contributed by atoms with E-state index in [1.807, 2.05) is 24.0 Å². The molecule has 5 rings (SSSR count). The summed E-state index contributed by atoms with van der Waals surface area (Å²) in [4.78, 5) is 21.9. The molecule has 194 valence electrons. The SMILES string of the molecule is Cc1ccc2c(c1)cc(C)n2C(C)C(=O)N1CCN(c2ccc(S(=O)(=O)Nc3nccs3)cc2)CC1C. The molecule has 2 aromatic carbocycles. The number of thiazole rings is 1. The molecule has 2 aromatic heterocycles. The Morgan fingerprint density at radius 2 is 1.86 bits per heavy atom. The van der Waals surface area contributed by atoms with E-state index < -0.39 is 10.0 Å². The summed E-state index contributed by atoms with van der Waals surface area (Å²) >= 11 is 1.23. The minimum absolute atomic E-state index is 0.0167. The Kier molecular flexibility index (Phi) is 6.72. The highest BCUT2D eigenvalue weighted by molar-refractivity contribution is 7.93. The number of carbonyl (C=O) groups excluding carboxylic acids is 1. The second kappa shape index (κ2) is 9.83. The van der Waals surface area contributed by atoms with Crippen LogP contribution in [-0.4, -0.2) is 54.5 Å². The molecular weight excluding hydrogens is 506 g/mol. The number of rotatable bonds is 6. The van der Waals surface area contributed by atoms with Crippen LogP contribution in [0.4, 0.5) is 10.8 Å². The average Bonchev–Trinajstić information content (AvgIpc) is 3.49. The number of benzene rings is 2. The standard InChI is InChI=1S/C27H31N5O3S2/c1-18-5-10-25-22(15-18)16-19(2)32(25)21(4)26(33)31-13-12-30(17-20(31)3)23-6-8-24(9-7-23)37(34,35)29-27-28-11-14-36-27/h5-11,14-16,20-21H,12-13,17H2,1-4H3,(H,28,29). The van der Waals surface area contributed by atoms with E-state index in [0.717, 1.165) is 22.3 Å². The highest BCUT2D eigenvalue weighted by Crippen LogP contribution is 2.28. The van der Waals surface area contributed by atoms with E-state index in [-0.39, 0.29) is 22.9 Å². The summed E-state index contributed by atoms with van der Waals surface area (Å²) in [5, 5.41) is 3.21. The largest absolute Gasteiger partial charge is 0.368 e. The van der Waals surface area contributed by atoms with Gasteiger partial charge in [0.2, 0.25) is 5.91 Å². The van der Waals surface area contributed by atoms with Gasteiger partial charge in [-0.3, -0.25) is 9.52 Å². The van der Waals surface area contributed by atoms with E-state index in [4.69, 9.17) is 0 Å². The van der Waals surface area contributed by atoms with Crippen LogP contribution < -0.4 is 9.62 Å². The Morgan fingerprint density at radius 1 is 1.11 bits per heavy atom. The molecule has 1 fully saturated rings. The molecule has 1 amide bonds. The van der Waals surface area contributed by atoms with Crippen molar-refractivity contribution in [1.82, 2.24) is 14.5 Å². The minimum atomic E-state index is -3.69. The smallest absolute Gasteiger partial charge is 0.263 e. The second-order valence-electron chi connectivity index (χ2n) is 9.66. The molecule has 3 heterocycles. The zero-order valence-corrected chi connectivity index (χ0v) is 23.0. The first-order valence-corrected chi connectivity index (χ1v) is 14.7. The number of fused-ring (bicyclic) bond motifs is 1. The highest BCUT2D eigenvalue weighted by Gasteiger charge is 2.32. The summed E-state index contributed by atoms with van der Waals surface area (Å²) in [6.45, 7) is 10.1. The van der Waals surface area contributed by atoms with Gasteiger partial charge in [-0.15, -0.1) is 11.3 Å². The summed E-state index contributed by atoms with van der Waals surface area (Å²) in [6.07, 6.45) is 1.56. The molecule has 1 aliphatic rings.